The SMILES string of the molecule is CCCCCC1=NN2C(=N)/C(=C\c3ccc(OC(=O)c4cccs4)c(OC)c3)C(=O)N=C2S1. The molecule has 1 N–H and O–H groups in total. The Bertz CT molecular complexity index is 1190. The highest BCUT2D eigenvalue weighted by Gasteiger charge is 2.35. The van der Waals surface area contributed by atoms with E-state index in [2.05, 4.69) is 17.0 Å². The number of amides is 1. The molecule has 0 aliphatic carbocycles. The van der Waals surface area contributed by atoms with Crippen LogP contribution in [0.15, 0.2) is 51.4 Å². The first-order valence-corrected chi connectivity index (χ1v) is 12.1. The van der Waals surface area contributed by atoms with Crippen molar-refractivity contribution in [2.45, 2.75) is 32.6 Å². The van der Waals surface area contributed by atoms with Crippen LogP contribution >= 0.6 is 23.1 Å². The van der Waals surface area contributed by atoms with Gasteiger partial charge in [-0.3, -0.25) is 10.2 Å². The fourth-order valence-electron chi connectivity index (χ4n) is 3.23. The standard InChI is InChI=1S/C23H22N4O4S2/c1-3-4-5-8-19-26-27-20(24)15(21(28)25-23(27)33-19)12-14-9-10-16(17(13-14)30-2)31-22(29)18-7-6-11-32-18/h6-7,9-13,24H,3-5,8H2,1-2H3/b15-12+,24-20?. The number of amidine groups is 2. The molecule has 2 aromatic rings. The van der Waals surface area contributed by atoms with E-state index in [0.29, 0.717) is 21.4 Å². The van der Waals surface area contributed by atoms with E-state index in [4.69, 9.17) is 14.9 Å². The molecular formula is C23H22N4O4S2. The highest BCUT2D eigenvalue weighted by molar-refractivity contribution is 8.26. The van der Waals surface area contributed by atoms with Gasteiger partial charge in [0.2, 0.25) is 5.17 Å². The number of ether oxygens (including phenoxy) is 2. The summed E-state index contributed by atoms with van der Waals surface area (Å²) in [6, 6.07) is 8.38. The molecule has 10 heteroatoms. The smallest absolute Gasteiger partial charge is 0.353 e. The molecule has 4 rings (SSSR count). The molecule has 2 aliphatic rings. The monoisotopic (exact) mass is 482 g/mol. The first kappa shape index (κ1) is 22.9. The van der Waals surface area contributed by atoms with Crippen molar-refractivity contribution < 1.29 is 19.1 Å². The van der Waals surface area contributed by atoms with Gasteiger partial charge in [0.25, 0.3) is 5.91 Å². The van der Waals surface area contributed by atoms with E-state index < -0.39 is 11.9 Å². The van der Waals surface area contributed by atoms with Crippen LogP contribution in [0.5, 0.6) is 11.5 Å². The van der Waals surface area contributed by atoms with Crippen LogP contribution in [0.25, 0.3) is 6.08 Å². The van der Waals surface area contributed by atoms with Gasteiger partial charge in [-0.25, -0.2) is 4.79 Å². The lowest BCUT2D eigenvalue weighted by molar-refractivity contribution is -0.114. The number of unbranched alkanes of at least 4 members (excludes halogenated alkanes) is 2. The summed E-state index contributed by atoms with van der Waals surface area (Å²) in [4.78, 5) is 29.5. The minimum absolute atomic E-state index is 0.0184. The predicted molar refractivity (Wildman–Crippen MR) is 131 cm³/mol. The second-order valence-electron chi connectivity index (χ2n) is 7.25. The van der Waals surface area contributed by atoms with Crippen molar-refractivity contribution in [2.24, 2.45) is 10.1 Å². The number of esters is 1. The van der Waals surface area contributed by atoms with E-state index in [-0.39, 0.29) is 17.2 Å². The largest absolute Gasteiger partial charge is 0.493 e. The number of hydrogen-bond donors (Lipinski definition) is 1. The van der Waals surface area contributed by atoms with Crippen LogP contribution in [0, 0.1) is 5.41 Å². The molecule has 3 heterocycles. The molecular weight excluding hydrogens is 460 g/mol. The Kier molecular flexibility index (Phi) is 7.05. The molecule has 0 radical (unpaired) electrons. The first-order valence-electron chi connectivity index (χ1n) is 10.4. The fourth-order valence-corrected chi connectivity index (χ4v) is 4.75. The molecule has 8 nitrogen and oxygen atoms in total. The van der Waals surface area contributed by atoms with Gasteiger partial charge in [-0.15, -0.1) is 11.3 Å². The molecule has 0 unspecified atom stereocenters. The van der Waals surface area contributed by atoms with Crippen LogP contribution in [0.4, 0.5) is 0 Å². The van der Waals surface area contributed by atoms with E-state index in [9.17, 15) is 9.59 Å². The number of nitrogens with one attached hydrogen (secondary N) is 1. The quantitative estimate of drug-likeness (QED) is 0.241. The number of hydrazone groups is 1. The lowest BCUT2D eigenvalue weighted by Gasteiger charge is -2.20. The molecule has 1 aromatic carbocycles. The summed E-state index contributed by atoms with van der Waals surface area (Å²) in [5, 5.41) is 17.5. The van der Waals surface area contributed by atoms with Crippen molar-refractivity contribution in [2.75, 3.05) is 7.11 Å². The summed E-state index contributed by atoms with van der Waals surface area (Å²) in [6.45, 7) is 2.14. The number of thioether (sulfide) groups is 1. The maximum absolute atomic E-state index is 12.6. The Morgan fingerprint density at radius 2 is 2.09 bits per heavy atom. The number of methoxy groups -OCH3 is 1. The number of carbonyl (C=O) groups is 2. The molecule has 0 spiro atoms. The van der Waals surface area contributed by atoms with E-state index in [1.54, 1.807) is 41.8 Å². The van der Waals surface area contributed by atoms with Crippen molar-refractivity contribution in [3.8, 4) is 11.5 Å². The topological polar surface area (TPSA) is 104 Å². The number of benzene rings is 1. The minimum atomic E-state index is -0.490. The van der Waals surface area contributed by atoms with E-state index in [0.717, 1.165) is 30.7 Å². The van der Waals surface area contributed by atoms with Crippen LogP contribution in [0.2, 0.25) is 0 Å². The molecule has 0 bridgehead atoms. The zero-order valence-corrected chi connectivity index (χ0v) is 19.8. The Morgan fingerprint density at radius 1 is 1.24 bits per heavy atom. The maximum atomic E-state index is 12.6. The minimum Gasteiger partial charge on any atom is -0.493 e. The molecule has 2 aliphatic heterocycles. The van der Waals surface area contributed by atoms with Crippen molar-refractivity contribution in [3.63, 3.8) is 0 Å². The Hall–Kier alpha value is -3.24. The van der Waals surface area contributed by atoms with Gasteiger partial charge >= 0.3 is 5.97 Å². The highest BCUT2D eigenvalue weighted by Crippen LogP contribution is 2.33. The fraction of sp³-hybridized carbons (Fsp3) is 0.261. The van der Waals surface area contributed by atoms with E-state index in [1.165, 1.54) is 35.2 Å². The third-order valence-electron chi connectivity index (χ3n) is 4.91. The Labute approximate surface area is 199 Å². The van der Waals surface area contributed by atoms with Gasteiger partial charge in [0.05, 0.1) is 12.7 Å². The van der Waals surface area contributed by atoms with Gasteiger partial charge in [0.1, 0.15) is 9.92 Å². The average molecular weight is 483 g/mol. The summed E-state index contributed by atoms with van der Waals surface area (Å²) in [5.74, 6) is -0.382. The van der Waals surface area contributed by atoms with Crippen molar-refractivity contribution in [3.05, 3.63) is 51.7 Å². The van der Waals surface area contributed by atoms with Crippen LogP contribution in [-0.2, 0) is 4.79 Å². The van der Waals surface area contributed by atoms with Gasteiger partial charge in [-0.2, -0.15) is 15.1 Å². The number of hydrogen-bond acceptors (Lipinski definition) is 8. The van der Waals surface area contributed by atoms with E-state index >= 15 is 0 Å². The van der Waals surface area contributed by atoms with Gasteiger partial charge in [-0.1, -0.05) is 31.9 Å². The number of aliphatic imine (C=N–C) groups is 1. The molecule has 0 saturated heterocycles. The summed E-state index contributed by atoms with van der Waals surface area (Å²) in [5.41, 5.74) is 0.733. The zero-order chi connectivity index (χ0) is 23.4. The summed E-state index contributed by atoms with van der Waals surface area (Å²) in [7, 11) is 1.47. The van der Waals surface area contributed by atoms with Gasteiger partial charge in [0, 0.05) is 0 Å². The second-order valence-corrected chi connectivity index (χ2v) is 9.24. The number of thiophene rings is 1. The second kappa shape index (κ2) is 10.1. The molecule has 0 fully saturated rings. The molecule has 33 heavy (non-hydrogen) atoms. The number of fused-ring (bicyclic) bond motifs is 1. The van der Waals surface area contributed by atoms with Crippen LogP contribution in [0.3, 0.4) is 0 Å². The van der Waals surface area contributed by atoms with Crippen LogP contribution in [0.1, 0.15) is 47.8 Å². The van der Waals surface area contributed by atoms with Gasteiger partial charge in [0.15, 0.2) is 17.3 Å². The molecule has 170 valence electrons. The third-order valence-corrected chi connectivity index (χ3v) is 6.73. The summed E-state index contributed by atoms with van der Waals surface area (Å²) < 4.78 is 10.8. The Balaban J connectivity index is 1.54. The average Bonchev–Trinajstić information content (AvgIpc) is 3.48. The molecule has 0 atom stereocenters. The van der Waals surface area contributed by atoms with Gasteiger partial charge in [-0.05, 0) is 59.8 Å². The maximum Gasteiger partial charge on any atom is 0.353 e. The molecule has 1 aromatic heterocycles. The predicted octanol–water partition coefficient (Wildman–Crippen LogP) is 5.18. The lowest BCUT2D eigenvalue weighted by Crippen LogP contribution is -2.35. The van der Waals surface area contributed by atoms with Crippen molar-refractivity contribution in [1.82, 2.24) is 5.01 Å². The zero-order valence-electron chi connectivity index (χ0n) is 18.2. The highest BCUT2D eigenvalue weighted by atomic mass is 32.2. The number of carbonyl (C=O) groups excluding carboxylic acids is 2. The normalized spacial score (nSPS) is 16.5. The number of nitrogens with zero attached hydrogens (tertiary/aromatic N) is 3. The van der Waals surface area contributed by atoms with Crippen molar-refractivity contribution >= 4 is 57.1 Å². The summed E-state index contributed by atoms with van der Waals surface area (Å²) >= 11 is 2.63. The van der Waals surface area contributed by atoms with Crippen LogP contribution in [-0.4, -0.2) is 40.0 Å². The molecule has 1 amide bonds. The van der Waals surface area contributed by atoms with E-state index in [1.807, 2.05) is 0 Å². The molecule has 0 saturated carbocycles. The van der Waals surface area contributed by atoms with Crippen molar-refractivity contribution in [1.29, 1.82) is 5.41 Å². The number of rotatable bonds is 8. The van der Waals surface area contributed by atoms with Gasteiger partial charge < -0.3 is 9.47 Å². The Morgan fingerprint density at radius 3 is 2.82 bits per heavy atom. The summed E-state index contributed by atoms with van der Waals surface area (Å²) in [6.07, 6.45) is 5.59. The third kappa shape index (κ3) is 5.07. The first-order chi connectivity index (χ1) is 16.0. The van der Waals surface area contributed by atoms with Crippen LogP contribution < -0.4 is 9.47 Å². The lowest BCUT2D eigenvalue weighted by atomic mass is 10.1.